The molecular weight excluding hydrogens is 372 g/mol. The van der Waals surface area contributed by atoms with Gasteiger partial charge in [0.1, 0.15) is 5.82 Å². The van der Waals surface area contributed by atoms with E-state index in [0.717, 1.165) is 48.6 Å². The molecule has 0 radical (unpaired) electrons. The lowest BCUT2D eigenvalue weighted by molar-refractivity contribution is 0.647. The number of aryl methyl sites for hydroxylation is 1. The molecule has 0 saturated carbocycles. The van der Waals surface area contributed by atoms with E-state index in [1.165, 1.54) is 11.3 Å². The molecule has 30 heavy (non-hydrogen) atoms. The fraction of sp³-hybridized carbons (Fsp3) is 0.208. The molecule has 3 heterocycles. The maximum Gasteiger partial charge on any atom is 0.229 e. The van der Waals surface area contributed by atoms with E-state index in [9.17, 15) is 0 Å². The first kappa shape index (κ1) is 18.4. The number of hydrogen-bond donors (Lipinski definition) is 1. The van der Waals surface area contributed by atoms with Crippen molar-refractivity contribution in [1.82, 2.24) is 15.0 Å². The smallest absolute Gasteiger partial charge is 0.229 e. The second-order valence-corrected chi connectivity index (χ2v) is 7.56. The number of hydrogen-bond acceptors (Lipinski definition) is 6. The van der Waals surface area contributed by atoms with Gasteiger partial charge < -0.3 is 15.1 Å². The highest BCUT2D eigenvalue weighted by molar-refractivity contribution is 5.91. The van der Waals surface area contributed by atoms with Gasteiger partial charge in [0.05, 0.1) is 11.2 Å². The van der Waals surface area contributed by atoms with E-state index in [0.29, 0.717) is 5.95 Å². The summed E-state index contributed by atoms with van der Waals surface area (Å²) in [6.45, 7) is 5.95. The largest absolute Gasteiger partial charge is 0.368 e. The third-order valence-corrected chi connectivity index (χ3v) is 5.49. The van der Waals surface area contributed by atoms with Crippen LogP contribution in [0.25, 0.3) is 10.9 Å². The van der Waals surface area contributed by atoms with Crippen LogP contribution in [-0.2, 0) is 0 Å². The monoisotopic (exact) mass is 396 g/mol. The first-order chi connectivity index (χ1) is 14.8. The summed E-state index contributed by atoms with van der Waals surface area (Å²) in [5.74, 6) is 1.54. The Kier molecular flexibility index (Phi) is 4.89. The first-order valence-corrected chi connectivity index (χ1v) is 10.3. The number of pyridine rings is 1. The minimum atomic E-state index is 0.590. The number of fused-ring (bicyclic) bond motifs is 1. The van der Waals surface area contributed by atoms with Gasteiger partial charge in [-0.3, -0.25) is 4.98 Å². The fourth-order valence-corrected chi connectivity index (χ4v) is 3.93. The summed E-state index contributed by atoms with van der Waals surface area (Å²) in [5.41, 5.74) is 4.42. The molecule has 2 aromatic heterocycles. The molecule has 1 fully saturated rings. The minimum absolute atomic E-state index is 0.590. The molecule has 150 valence electrons. The lowest BCUT2D eigenvalue weighted by Crippen LogP contribution is -2.46. The number of rotatable bonds is 4. The molecule has 6 heteroatoms. The van der Waals surface area contributed by atoms with Crippen LogP contribution in [0, 0.1) is 6.92 Å². The maximum absolute atomic E-state index is 4.77. The van der Waals surface area contributed by atoms with Gasteiger partial charge in [-0.1, -0.05) is 30.3 Å². The Bertz CT molecular complexity index is 1160. The van der Waals surface area contributed by atoms with Crippen molar-refractivity contribution in [3.05, 3.63) is 78.6 Å². The van der Waals surface area contributed by atoms with Crippen LogP contribution in [-0.4, -0.2) is 41.1 Å². The zero-order valence-corrected chi connectivity index (χ0v) is 17.0. The third kappa shape index (κ3) is 3.76. The van der Waals surface area contributed by atoms with Crippen LogP contribution in [0.2, 0.25) is 0 Å². The van der Waals surface area contributed by atoms with E-state index in [4.69, 9.17) is 4.98 Å². The van der Waals surface area contributed by atoms with Crippen LogP contribution in [0.1, 0.15) is 5.56 Å². The number of benzene rings is 2. The van der Waals surface area contributed by atoms with Gasteiger partial charge >= 0.3 is 0 Å². The van der Waals surface area contributed by atoms with Gasteiger partial charge in [-0.25, -0.2) is 4.98 Å². The Hall–Kier alpha value is -3.67. The average molecular weight is 396 g/mol. The fourth-order valence-electron chi connectivity index (χ4n) is 3.93. The maximum atomic E-state index is 4.77. The number of anilines is 4. The predicted molar refractivity (Wildman–Crippen MR) is 123 cm³/mol. The van der Waals surface area contributed by atoms with Gasteiger partial charge in [0.25, 0.3) is 0 Å². The topological polar surface area (TPSA) is 57.2 Å². The zero-order chi connectivity index (χ0) is 20.3. The number of piperazine rings is 1. The van der Waals surface area contributed by atoms with E-state index >= 15 is 0 Å². The van der Waals surface area contributed by atoms with Crippen LogP contribution in [0.5, 0.6) is 0 Å². The van der Waals surface area contributed by atoms with E-state index < -0.39 is 0 Å². The molecule has 0 spiro atoms. The molecule has 0 amide bonds. The Morgan fingerprint density at radius 3 is 2.47 bits per heavy atom. The lowest BCUT2D eigenvalue weighted by atomic mass is 10.2. The SMILES string of the molecule is Cc1cccc(N2CCN(c3ccnc(Nc4cccc5cccnc45)n3)CC2)c1. The molecule has 4 aromatic rings. The molecule has 1 saturated heterocycles. The highest BCUT2D eigenvalue weighted by Gasteiger charge is 2.19. The highest BCUT2D eigenvalue weighted by Crippen LogP contribution is 2.25. The van der Waals surface area contributed by atoms with Crippen molar-refractivity contribution in [1.29, 1.82) is 0 Å². The molecule has 0 aliphatic carbocycles. The molecule has 5 rings (SSSR count). The molecule has 6 nitrogen and oxygen atoms in total. The van der Waals surface area contributed by atoms with Gasteiger partial charge in [-0.15, -0.1) is 0 Å². The van der Waals surface area contributed by atoms with Crippen LogP contribution >= 0.6 is 0 Å². The molecule has 0 bridgehead atoms. The molecular formula is C24H24N6. The molecule has 0 atom stereocenters. The van der Waals surface area contributed by atoms with Gasteiger partial charge in [0.2, 0.25) is 5.95 Å². The standard InChI is InChI=1S/C24H24N6/c1-18-5-2-8-20(17-18)29-13-15-30(16-14-29)22-10-12-26-24(28-22)27-21-9-3-6-19-7-4-11-25-23(19)21/h2-12,17H,13-16H2,1H3,(H,26,27,28). The van der Waals surface area contributed by atoms with E-state index in [1.54, 1.807) is 6.20 Å². The van der Waals surface area contributed by atoms with Crippen LogP contribution in [0.3, 0.4) is 0 Å². The van der Waals surface area contributed by atoms with E-state index in [1.807, 2.05) is 30.5 Å². The normalized spacial score (nSPS) is 14.2. The zero-order valence-electron chi connectivity index (χ0n) is 17.0. The van der Waals surface area contributed by atoms with Crippen molar-refractivity contribution in [3.8, 4) is 0 Å². The Morgan fingerprint density at radius 1 is 0.800 bits per heavy atom. The summed E-state index contributed by atoms with van der Waals surface area (Å²) in [4.78, 5) is 18.4. The third-order valence-electron chi connectivity index (χ3n) is 5.49. The number of nitrogens with one attached hydrogen (secondary N) is 1. The average Bonchev–Trinajstić information content (AvgIpc) is 2.80. The highest BCUT2D eigenvalue weighted by atomic mass is 15.3. The summed E-state index contributed by atoms with van der Waals surface area (Å²) in [7, 11) is 0. The van der Waals surface area contributed by atoms with Crippen molar-refractivity contribution < 1.29 is 0 Å². The van der Waals surface area contributed by atoms with Gasteiger partial charge in [0.15, 0.2) is 0 Å². The van der Waals surface area contributed by atoms with Crippen molar-refractivity contribution in [2.24, 2.45) is 0 Å². The molecule has 1 aliphatic heterocycles. The molecule has 1 N–H and O–H groups in total. The minimum Gasteiger partial charge on any atom is -0.368 e. The van der Waals surface area contributed by atoms with Crippen LogP contribution in [0.15, 0.2) is 73.1 Å². The second-order valence-electron chi connectivity index (χ2n) is 7.56. The van der Waals surface area contributed by atoms with Crippen molar-refractivity contribution >= 4 is 34.0 Å². The number of para-hydroxylation sites is 1. The van der Waals surface area contributed by atoms with Crippen LogP contribution < -0.4 is 15.1 Å². The Morgan fingerprint density at radius 2 is 1.60 bits per heavy atom. The number of aromatic nitrogens is 3. The van der Waals surface area contributed by atoms with E-state index in [-0.39, 0.29) is 0 Å². The van der Waals surface area contributed by atoms with Gasteiger partial charge in [-0.05, 0) is 42.8 Å². The first-order valence-electron chi connectivity index (χ1n) is 10.3. The summed E-state index contributed by atoms with van der Waals surface area (Å²) >= 11 is 0. The van der Waals surface area contributed by atoms with E-state index in [2.05, 4.69) is 68.4 Å². The molecule has 2 aromatic carbocycles. The van der Waals surface area contributed by atoms with Crippen molar-refractivity contribution in [3.63, 3.8) is 0 Å². The summed E-state index contributed by atoms with van der Waals surface area (Å²) < 4.78 is 0. The Balaban J connectivity index is 1.31. The lowest BCUT2D eigenvalue weighted by Gasteiger charge is -2.36. The quantitative estimate of drug-likeness (QED) is 0.552. The van der Waals surface area contributed by atoms with Crippen LogP contribution in [0.4, 0.5) is 23.1 Å². The molecule has 0 unspecified atom stereocenters. The Labute approximate surface area is 176 Å². The van der Waals surface area contributed by atoms with Crippen molar-refractivity contribution in [2.45, 2.75) is 6.92 Å². The second kappa shape index (κ2) is 7.99. The summed E-state index contributed by atoms with van der Waals surface area (Å²) in [5, 5.41) is 4.43. The number of nitrogens with zero attached hydrogens (tertiary/aromatic N) is 5. The summed E-state index contributed by atoms with van der Waals surface area (Å²) in [6, 6.07) is 20.8. The van der Waals surface area contributed by atoms with Gasteiger partial charge in [0, 0.05) is 49.6 Å². The predicted octanol–water partition coefficient (Wildman–Crippen LogP) is 4.40. The summed E-state index contributed by atoms with van der Waals surface area (Å²) in [6.07, 6.45) is 3.62. The molecule has 1 aliphatic rings. The van der Waals surface area contributed by atoms with Crippen molar-refractivity contribution in [2.75, 3.05) is 41.3 Å². The van der Waals surface area contributed by atoms with Gasteiger partial charge in [-0.2, -0.15) is 4.98 Å².